The Balaban J connectivity index is 1.71. The fraction of sp³-hybridized carbons (Fsp3) is 0.300. The predicted molar refractivity (Wildman–Crippen MR) is 156 cm³/mol. The summed E-state index contributed by atoms with van der Waals surface area (Å²) in [5, 5.41) is 6.85. The van der Waals surface area contributed by atoms with Crippen molar-refractivity contribution in [2.75, 3.05) is 13.1 Å². The van der Waals surface area contributed by atoms with Crippen LogP contribution in [-0.4, -0.2) is 40.1 Å². The monoisotopic (exact) mass is 551 g/mol. The third-order valence-corrected chi connectivity index (χ3v) is 7.27. The van der Waals surface area contributed by atoms with Crippen molar-refractivity contribution in [1.82, 2.24) is 9.47 Å². The summed E-state index contributed by atoms with van der Waals surface area (Å²) in [4.78, 5) is 32.6. The van der Waals surface area contributed by atoms with Gasteiger partial charge in [0.2, 0.25) is 0 Å². The van der Waals surface area contributed by atoms with Gasteiger partial charge in [-0.2, -0.15) is 0 Å². The third-order valence-electron chi connectivity index (χ3n) is 6.72. The fourth-order valence-corrected chi connectivity index (χ4v) is 5.08. The van der Waals surface area contributed by atoms with Gasteiger partial charge in [-0.25, -0.2) is 4.79 Å². The number of rotatable bonds is 9. The molecule has 0 bridgehead atoms. The van der Waals surface area contributed by atoms with Crippen LogP contribution >= 0.6 is 23.2 Å². The normalized spacial score (nSPS) is 11.8. The molecule has 0 aliphatic rings. The second-order valence-electron chi connectivity index (χ2n) is 9.13. The molecule has 0 radical (unpaired) electrons. The highest BCUT2D eigenvalue weighted by molar-refractivity contribution is 6.37. The molecule has 38 heavy (non-hydrogen) atoms. The molecule has 0 unspecified atom stereocenters. The van der Waals surface area contributed by atoms with E-state index in [1.54, 1.807) is 23.1 Å². The first-order valence-corrected chi connectivity index (χ1v) is 13.6. The number of nitrogens with zero attached hydrogens (tertiary/aromatic N) is 3. The molecule has 0 aliphatic carbocycles. The number of hydrogen-bond acceptors (Lipinski definition) is 4. The second-order valence-corrected chi connectivity index (χ2v) is 9.97. The van der Waals surface area contributed by atoms with Crippen LogP contribution in [0.1, 0.15) is 62.0 Å². The lowest BCUT2D eigenvalue weighted by molar-refractivity contribution is 0.103. The highest BCUT2D eigenvalue weighted by atomic mass is 35.5. The summed E-state index contributed by atoms with van der Waals surface area (Å²) < 4.78 is 2.21. The Labute approximate surface area is 232 Å². The Bertz CT molecular complexity index is 1540. The summed E-state index contributed by atoms with van der Waals surface area (Å²) in [6.45, 7) is 9.88. The van der Waals surface area contributed by atoms with Crippen molar-refractivity contribution in [1.29, 1.82) is 0 Å². The van der Waals surface area contributed by atoms with E-state index in [0.717, 1.165) is 46.8 Å². The molecule has 4 rings (SSSR count). The first-order chi connectivity index (χ1) is 18.3. The molecule has 1 amide bonds. The van der Waals surface area contributed by atoms with Gasteiger partial charge in [-0.15, -0.1) is 0 Å². The van der Waals surface area contributed by atoms with Gasteiger partial charge in [0.25, 0.3) is 0 Å². The molecule has 4 aromatic rings. The highest BCUT2D eigenvalue weighted by Crippen LogP contribution is 2.32. The van der Waals surface area contributed by atoms with Gasteiger partial charge in [0.1, 0.15) is 0 Å². The van der Waals surface area contributed by atoms with E-state index < -0.39 is 6.09 Å². The number of unbranched alkanes of at least 4 members (excludes halogenated alkanes) is 1. The molecular weight excluding hydrogens is 521 g/mol. The van der Waals surface area contributed by atoms with Crippen molar-refractivity contribution in [2.24, 2.45) is 5.16 Å². The lowest BCUT2D eigenvalue weighted by atomic mass is 10.0. The van der Waals surface area contributed by atoms with E-state index in [-0.39, 0.29) is 5.78 Å². The molecule has 0 fully saturated rings. The van der Waals surface area contributed by atoms with Crippen LogP contribution in [0.2, 0.25) is 10.0 Å². The van der Waals surface area contributed by atoms with E-state index in [4.69, 9.17) is 28.0 Å². The van der Waals surface area contributed by atoms with Crippen LogP contribution in [0.5, 0.6) is 0 Å². The van der Waals surface area contributed by atoms with Gasteiger partial charge in [-0.3, -0.25) is 9.63 Å². The standard InChI is InChI=1S/C30H31Cl2N3O3/c1-5-8-15-34(6-2)30(37)38-33-19(4)20-9-13-27-24(16-20)25-17-21(10-14-28(25)35(27)7-3)29(36)23-12-11-22(31)18-26(23)32/h9-14,16-18H,5-8,15H2,1-4H3/b33-19+. The molecule has 1 heterocycles. The van der Waals surface area contributed by atoms with Crippen LogP contribution in [0.25, 0.3) is 21.8 Å². The number of carbonyl (C=O) groups excluding carboxylic acids is 2. The van der Waals surface area contributed by atoms with Crippen molar-refractivity contribution in [3.05, 3.63) is 81.3 Å². The van der Waals surface area contributed by atoms with Crippen molar-refractivity contribution in [3.63, 3.8) is 0 Å². The lowest BCUT2D eigenvalue weighted by Gasteiger charge is -2.17. The van der Waals surface area contributed by atoms with E-state index in [9.17, 15) is 9.59 Å². The first-order valence-electron chi connectivity index (χ1n) is 12.9. The largest absolute Gasteiger partial charge is 0.435 e. The minimum atomic E-state index is -0.451. The quantitative estimate of drug-likeness (QED) is 0.0908. The average molecular weight is 553 g/mol. The van der Waals surface area contributed by atoms with Crippen LogP contribution in [0, 0.1) is 0 Å². The maximum Gasteiger partial charge on any atom is 0.435 e. The van der Waals surface area contributed by atoms with Gasteiger partial charge in [0.05, 0.1) is 10.7 Å². The van der Waals surface area contributed by atoms with E-state index >= 15 is 0 Å². The number of carbonyl (C=O) groups is 2. The molecule has 0 N–H and O–H groups in total. The Kier molecular flexibility index (Phi) is 8.75. The Morgan fingerprint density at radius 1 is 0.921 bits per heavy atom. The second kappa shape index (κ2) is 12.0. The van der Waals surface area contributed by atoms with E-state index in [1.165, 1.54) is 0 Å². The molecule has 6 nitrogen and oxygen atoms in total. The van der Waals surface area contributed by atoms with Crippen molar-refractivity contribution in [2.45, 2.75) is 47.1 Å². The first kappa shape index (κ1) is 27.7. The van der Waals surface area contributed by atoms with E-state index in [1.807, 2.05) is 50.2 Å². The van der Waals surface area contributed by atoms with Gasteiger partial charge >= 0.3 is 6.09 Å². The van der Waals surface area contributed by atoms with Crippen LogP contribution < -0.4 is 0 Å². The van der Waals surface area contributed by atoms with Crippen LogP contribution in [0.4, 0.5) is 4.79 Å². The summed E-state index contributed by atoms with van der Waals surface area (Å²) in [5.74, 6) is -0.171. The minimum absolute atomic E-state index is 0.171. The molecule has 8 heteroatoms. The molecular formula is C30H31Cl2N3O3. The number of aromatic nitrogens is 1. The highest BCUT2D eigenvalue weighted by Gasteiger charge is 2.18. The number of ketones is 1. The average Bonchev–Trinajstić information content (AvgIpc) is 3.23. The molecule has 0 saturated carbocycles. The van der Waals surface area contributed by atoms with Crippen molar-refractivity contribution < 1.29 is 14.4 Å². The number of amides is 1. The van der Waals surface area contributed by atoms with E-state index in [2.05, 4.69) is 23.6 Å². The zero-order chi connectivity index (χ0) is 27.4. The lowest BCUT2D eigenvalue weighted by Crippen LogP contribution is -2.31. The topological polar surface area (TPSA) is 63.9 Å². The number of hydrogen-bond donors (Lipinski definition) is 0. The summed E-state index contributed by atoms with van der Waals surface area (Å²) in [5.41, 5.74) is 4.42. The van der Waals surface area contributed by atoms with Gasteiger partial charge in [0.15, 0.2) is 5.78 Å². The maximum atomic E-state index is 13.3. The number of benzene rings is 3. The van der Waals surface area contributed by atoms with Gasteiger partial charge in [-0.05, 0) is 81.3 Å². The van der Waals surface area contributed by atoms with Crippen LogP contribution in [0.3, 0.4) is 0 Å². The summed E-state index contributed by atoms with van der Waals surface area (Å²) in [6, 6.07) is 16.6. The van der Waals surface area contributed by atoms with Crippen LogP contribution in [-0.2, 0) is 11.4 Å². The number of halogens is 2. The minimum Gasteiger partial charge on any atom is -0.341 e. The van der Waals surface area contributed by atoms with Gasteiger partial charge < -0.3 is 9.47 Å². The van der Waals surface area contributed by atoms with Gasteiger partial charge in [-0.1, -0.05) is 47.8 Å². The summed E-state index contributed by atoms with van der Waals surface area (Å²) in [6.07, 6.45) is 1.46. The fourth-order valence-electron chi connectivity index (χ4n) is 4.59. The SMILES string of the molecule is CCCCN(CC)C(=O)O/N=C(\C)c1ccc2c(c1)c1cc(C(=O)c3ccc(Cl)cc3Cl)ccc1n2CC. The van der Waals surface area contributed by atoms with Gasteiger partial charge in [0, 0.05) is 57.6 Å². The summed E-state index contributed by atoms with van der Waals surface area (Å²) >= 11 is 12.3. The zero-order valence-electron chi connectivity index (χ0n) is 22.1. The van der Waals surface area contributed by atoms with Crippen molar-refractivity contribution in [3.8, 4) is 0 Å². The molecule has 0 aliphatic heterocycles. The Hall–Kier alpha value is -3.35. The van der Waals surface area contributed by atoms with E-state index in [0.29, 0.717) is 40.0 Å². The smallest absolute Gasteiger partial charge is 0.341 e. The summed E-state index contributed by atoms with van der Waals surface area (Å²) in [7, 11) is 0. The Morgan fingerprint density at radius 3 is 2.18 bits per heavy atom. The number of aryl methyl sites for hydroxylation is 1. The molecule has 3 aromatic carbocycles. The number of oxime groups is 1. The number of fused-ring (bicyclic) bond motifs is 3. The zero-order valence-corrected chi connectivity index (χ0v) is 23.6. The van der Waals surface area contributed by atoms with Crippen molar-refractivity contribution >= 4 is 62.6 Å². The predicted octanol–water partition coefficient (Wildman–Crippen LogP) is 8.33. The third kappa shape index (κ3) is 5.57. The maximum absolute atomic E-state index is 13.3. The molecule has 198 valence electrons. The molecule has 0 atom stereocenters. The molecule has 1 aromatic heterocycles. The van der Waals surface area contributed by atoms with Crippen LogP contribution in [0.15, 0.2) is 59.8 Å². The molecule has 0 spiro atoms. The Morgan fingerprint density at radius 2 is 1.58 bits per heavy atom. The molecule has 0 saturated heterocycles.